The van der Waals surface area contributed by atoms with E-state index < -0.39 is 12.0 Å². The lowest BCUT2D eigenvalue weighted by Crippen LogP contribution is -2.59. The lowest BCUT2D eigenvalue weighted by atomic mass is 9.95. The van der Waals surface area contributed by atoms with Crippen LogP contribution in [0.1, 0.15) is 33.6 Å². The highest BCUT2D eigenvalue weighted by atomic mass is 16.4. The van der Waals surface area contributed by atoms with Crippen molar-refractivity contribution in [2.24, 2.45) is 5.92 Å². The third-order valence-electron chi connectivity index (χ3n) is 3.35. The summed E-state index contributed by atoms with van der Waals surface area (Å²) in [4.78, 5) is 24.7. The van der Waals surface area contributed by atoms with E-state index in [1.807, 2.05) is 0 Å². The molecular formula is C12H22N2O3. The van der Waals surface area contributed by atoms with Crippen molar-refractivity contribution in [3.8, 4) is 0 Å². The number of carbonyl (C=O) groups is 2. The molecule has 0 bridgehead atoms. The molecule has 1 aliphatic rings. The van der Waals surface area contributed by atoms with Gasteiger partial charge in [0.05, 0.1) is 12.5 Å². The van der Waals surface area contributed by atoms with Gasteiger partial charge in [-0.15, -0.1) is 0 Å². The van der Waals surface area contributed by atoms with Crippen molar-refractivity contribution in [1.29, 1.82) is 0 Å². The maximum absolute atomic E-state index is 11.8. The average Bonchev–Trinajstić information content (AvgIpc) is 2.22. The van der Waals surface area contributed by atoms with Crippen LogP contribution < -0.4 is 5.32 Å². The highest BCUT2D eigenvalue weighted by Crippen LogP contribution is 2.20. The summed E-state index contributed by atoms with van der Waals surface area (Å²) < 4.78 is 0. The average molecular weight is 242 g/mol. The van der Waals surface area contributed by atoms with Crippen LogP contribution in [0.4, 0.5) is 0 Å². The number of carbonyl (C=O) groups excluding carboxylic acids is 1. The van der Waals surface area contributed by atoms with E-state index in [0.29, 0.717) is 12.5 Å². The molecule has 1 heterocycles. The van der Waals surface area contributed by atoms with E-state index in [1.54, 1.807) is 0 Å². The van der Waals surface area contributed by atoms with E-state index in [-0.39, 0.29) is 18.4 Å². The van der Waals surface area contributed by atoms with Gasteiger partial charge in [-0.3, -0.25) is 14.5 Å². The number of aliphatic carboxylic acids is 1. The zero-order chi connectivity index (χ0) is 13.0. The van der Waals surface area contributed by atoms with Crippen LogP contribution in [0, 0.1) is 5.92 Å². The molecular weight excluding hydrogens is 220 g/mol. The highest BCUT2D eigenvalue weighted by Gasteiger charge is 2.36. The van der Waals surface area contributed by atoms with Crippen molar-refractivity contribution >= 4 is 11.9 Å². The van der Waals surface area contributed by atoms with Crippen molar-refractivity contribution in [2.45, 2.75) is 45.7 Å². The number of rotatable bonds is 5. The number of hydrogen-bond donors (Lipinski definition) is 2. The zero-order valence-corrected chi connectivity index (χ0v) is 10.8. The molecule has 1 amide bonds. The maximum Gasteiger partial charge on any atom is 0.305 e. The molecule has 5 heteroatoms. The van der Waals surface area contributed by atoms with E-state index in [0.717, 1.165) is 13.0 Å². The summed E-state index contributed by atoms with van der Waals surface area (Å²) in [6.07, 6.45) is 0.816. The Morgan fingerprint density at radius 1 is 1.59 bits per heavy atom. The molecule has 0 saturated carbocycles. The number of amides is 1. The standard InChI is InChI=1S/C12H22N2O3/c1-4-9(8(2)3)14-6-5-13-12(17)10(14)7-11(15)16/h8-10H,4-7H2,1-3H3,(H,13,17)(H,15,16). The van der Waals surface area contributed by atoms with Crippen LogP contribution in [0.3, 0.4) is 0 Å². The van der Waals surface area contributed by atoms with Crippen LogP contribution in [0.15, 0.2) is 0 Å². The second-order valence-corrected chi connectivity index (χ2v) is 4.86. The van der Waals surface area contributed by atoms with Crippen LogP contribution in [0.5, 0.6) is 0 Å². The summed E-state index contributed by atoms with van der Waals surface area (Å²) >= 11 is 0. The summed E-state index contributed by atoms with van der Waals surface area (Å²) in [7, 11) is 0. The van der Waals surface area contributed by atoms with Crippen LogP contribution >= 0.6 is 0 Å². The summed E-state index contributed by atoms with van der Waals surface area (Å²) in [6.45, 7) is 7.64. The molecule has 1 fully saturated rings. The minimum absolute atomic E-state index is 0.116. The summed E-state index contributed by atoms with van der Waals surface area (Å²) in [5, 5.41) is 11.6. The minimum Gasteiger partial charge on any atom is -0.481 e. The van der Waals surface area contributed by atoms with Gasteiger partial charge in [-0.05, 0) is 12.3 Å². The Bertz CT molecular complexity index is 291. The predicted octanol–water partition coefficient (Wildman–Crippen LogP) is 0.696. The number of hydrogen-bond acceptors (Lipinski definition) is 3. The number of carboxylic acid groups (broad SMARTS) is 1. The second-order valence-electron chi connectivity index (χ2n) is 4.86. The second kappa shape index (κ2) is 6.00. The maximum atomic E-state index is 11.8. The molecule has 0 aromatic rings. The molecule has 0 spiro atoms. The Balaban J connectivity index is 2.84. The number of carboxylic acids is 1. The molecule has 0 aromatic carbocycles. The van der Waals surface area contributed by atoms with Crippen molar-refractivity contribution < 1.29 is 14.7 Å². The number of piperazine rings is 1. The summed E-state index contributed by atoms with van der Waals surface area (Å²) in [5.74, 6) is -0.657. The highest BCUT2D eigenvalue weighted by molar-refractivity contribution is 5.86. The van der Waals surface area contributed by atoms with Gasteiger partial charge >= 0.3 is 5.97 Å². The number of nitrogens with one attached hydrogen (secondary N) is 1. The quantitative estimate of drug-likeness (QED) is 0.744. The van der Waals surface area contributed by atoms with Gasteiger partial charge in [0.1, 0.15) is 0 Å². The zero-order valence-electron chi connectivity index (χ0n) is 10.8. The molecule has 0 aromatic heterocycles. The van der Waals surface area contributed by atoms with Gasteiger partial charge < -0.3 is 10.4 Å². The van der Waals surface area contributed by atoms with Gasteiger partial charge in [0, 0.05) is 19.1 Å². The van der Waals surface area contributed by atoms with Crippen molar-refractivity contribution in [1.82, 2.24) is 10.2 Å². The molecule has 17 heavy (non-hydrogen) atoms. The van der Waals surface area contributed by atoms with Gasteiger partial charge in [-0.1, -0.05) is 20.8 Å². The molecule has 2 unspecified atom stereocenters. The molecule has 5 nitrogen and oxygen atoms in total. The first-order valence-corrected chi connectivity index (χ1v) is 6.22. The van der Waals surface area contributed by atoms with Gasteiger partial charge in [-0.2, -0.15) is 0 Å². The van der Waals surface area contributed by atoms with Crippen molar-refractivity contribution in [2.75, 3.05) is 13.1 Å². The Morgan fingerprint density at radius 3 is 2.71 bits per heavy atom. The largest absolute Gasteiger partial charge is 0.481 e. The van der Waals surface area contributed by atoms with Crippen molar-refractivity contribution in [3.63, 3.8) is 0 Å². The SMILES string of the molecule is CCC(C(C)C)N1CCNC(=O)C1CC(=O)O. The van der Waals surface area contributed by atoms with Gasteiger partial charge in [0.15, 0.2) is 0 Å². The fraction of sp³-hybridized carbons (Fsp3) is 0.833. The molecule has 0 aliphatic carbocycles. The predicted molar refractivity (Wildman–Crippen MR) is 64.7 cm³/mol. The molecule has 1 rings (SSSR count). The summed E-state index contributed by atoms with van der Waals surface area (Å²) in [5.41, 5.74) is 0. The van der Waals surface area contributed by atoms with Crippen molar-refractivity contribution in [3.05, 3.63) is 0 Å². The first-order valence-electron chi connectivity index (χ1n) is 6.22. The van der Waals surface area contributed by atoms with E-state index in [9.17, 15) is 9.59 Å². The molecule has 98 valence electrons. The van der Waals surface area contributed by atoms with Gasteiger partial charge in [0.25, 0.3) is 0 Å². The third kappa shape index (κ3) is 3.43. The lowest BCUT2D eigenvalue weighted by molar-refractivity contribution is -0.144. The van der Waals surface area contributed by atoms with E-state index in [4.69, 9.17) is 5.11 Å². The lowest BCUT2D eigenvalue weighted by Gasteiger charge is -2.41. The Kier molecular flexibility index (Phi) is 4.93. The van der Waals surface area contributed by atoms with Crippen LogP contribution in [0.25, 0.3) is 0 Å². The third-order valence-corrected chi connectivity index (χ3v) is 3.35. The fourth-order valence-electron chi connectivity index (χ4n) is 2.59. The molecule has 1 saturated heterocycles. The van der Waals surface area contributed by atoms with Gasteiger partial charge in [0.2, 0.25) is 5.91 Å². The minimum atomic E-state index is -0.921. The Labute approximate surface area is 102 Å². The van der Waals surface area contributed by atoms with E-state index in [2.05, 4.69) is 31.0 Å². The van der Waals surface area contributed by atoms with Crippen LogP contribution in [-0.4, -0.2) is 47.1 Å². The first kappa shape index (κ1) is 14.0. The first-order chi connectivity index (χ1) is 7.97. The molecule has 2 atom stereocenters. The van der Waals surface area contributed by atoms with Gasteiger partial charge in [-0.25, -0.2) is 0 Å². The fourth-order valence-corrected chi connectivity index (χ4v) is 2.59. The van der Waals surface area contributed by atoms with E-state index >= 15 is 0 Å². The summed E-state index contributed by atoms with van der Waals surface area (Å²) in [6, 6.07) is -0.251. The monoisotopic (exact) mass is 242 g/mol. The Morgan fingerprint density at radius 2 is 2.24 bits per heavy atom. The Hall–Kier alpha value is -1.10. The van der Waals surface area contributed by atoms with Crippen LogP contribution in [-0.2, 0) is 9.59 Å². The molecule has 0 radical (unpaired) electrons. The molecule has 1 aliphatic heterocycles. The normalized spacial score (nSPS) is 23.5. The topological polar surface area (TPSA) is 69.6 Å². The van der Waals surface area contributed by atoms with E-state index in [1.165, 1.54) is 0 Å². The molecule has 2 N–H and O–H groups in total. The number of nitrogens with zero attached hydrogens (tertiary/aromatic N) is 1. The smallest absolute Gasteiger partial charge is 0.305 e. The van der Waals surface area contributed by atoms with Crippen LogP contribution in [0.2, 0.25) is 0 Å².